The predicted molar refractivity (Wildman–Crippen MR) is 138 cm³/mol. The molecule has 2 aliphatic rings. The van der Waals surface area contributed by atoms with Crippen molar-refractivity contribution in [2.75, 3.05) is 56.5 Å². The molecule has 10 heteroatoms. The second kappa shape index (κ2) is 11.1. The highest BCUT2D eigenvalue weighted by Gasteiger charge is 2.16. The quantitative estimate of drug-likeness (QED) is 0.552. The van der Waals surface area contributed by atoms with E-state index in [1.165, 1.54) is 23.5 Å². The molecule has 35 heavy (non-hydrogen) atoms. The SMILES string of the molecule is C=CC(=O)N1CCCC1.Cc1cc(Nc2ncc3ncc(=O)[nH]c3n2)ccc1N1CCN(C)CC1. The molecule has 2 N–H and O–H groups in total. The number of aromatic nitrogens is 4. The lowest BCUT2D eigenvalue weighted by molar-refractivity contribution is -0.124. The van der Waals surface area contributed by atoms with Crippen LogP contribution in [0.4, 0.5) is 17.3 Å². The van der Waals surface area contributed by atoms with Gasteiger partial charge in [-0.1, -0.05) is 6.58 Å². The number of carbonyl (C=O) groups excluding carboxylic acids is 1. The van der Waals surface area contributed by atoms with Crippen LogP contribution in [0.3, 0.4) is 0 Å². The number of nitrogens with one attached hydrogen (secondary N) is 2. The Labute approximate surface area is 204 Å². The van der Waals surface area contributed by atoms with Crippen LogP contribution in [-0.4, -0.2) is 82.0 Å². The van der Waals surface area contributed by atoms with Crippen LogP contribution in [0.2, 0.25) is 0 Å². The molecular formula is C25H32N8O2. The molecule has 0 aliphatic carbocycles. The number of hydrogen-bond acceptors (Lipinski definition) is 8. The molecule has 0 atom stereocenters. The van der Waals surface area contributed by atoms with Gasteiger partial charge in [0.1, 0.15) is 5.52 Å². The Balaban J connectivity index is 0.000000271. The van der Waals surface area contributed by atoms with E-state index in [0.717, 1.165) is 57.8 Å². The van der Waals surface area contributed by atoms with Crippen LogP contribution in [0.5, 0.6) is 0 Å². The minimum absolute atomic E-state index is 0.0764. The third kappa shape index (κ3) is 6.21. The molecule has 1 amide bonds. The molecule has 4 heterocycles. The van der Waals surface area contributed by atoms with E-state index in [4.69, 9.17) is 0 Å². The summed E-state index contributed by atoms with van der Waals surface area (Å²) >= 11 is 0. The maximum atomic E-state index is 11.4. The smallest absolute Gasteiger partial charge is 0.268 e. The van der Waals surface area contributed by atoms with Gasteiger partial charge in [-0.2, -0.15) is 4.98 Å². The van der Waals surface area contributed by atoms with Gasteiger partial charge in [0.15, 0.2) is 5.65 Å². The van der Waals surface area contributed by atoms with Gasteiger partial charge in [0.05, 0.1) is 12.4 Å². The first-order chi connectivity index (χ1) is 16.9. The Morgan fingerprint density at radius 1 is 1.09 bits per heavy atom. The maximum absolute atomic E-state index is 11.4. The number of carbonyl (C=O) groups is 1. The summed E-state index contributed by atoms with van der Waals surface area (Å²) in [5.41, 5.74) is 4.06. The second-order valence-corrected chi connectivity index (χ2v) is 8.83. The number of hydrogen-bond donors (Lipinski definition) is 2. The predicted octanol–water partition coefficient (Wildman–Crippen LogP) is 2.31. The number of H-pyrrole nitrogens is 1. The van der Waals surface area contributed by atoms with E-state index in [-0.39, 0.29) is 11.5 Å². The molecule has 10 nitrogen and oxygen atoms in total. The van der Waals surface area contributed by atoms with Gasteiger partial charge in [0.2, 0.25) is 11.9 Å². The molecule has 0 saturated carbocycles. The number of amides is 1. The highest BCUT2D eigenvalue weighted by molar-refractivity contribution is 5.87. The van der Waals surface area contributed by atoms with Crippen LogP contribution in [0.25, 0.3) is 11.2 Å². The van der Waals surface area contributed by atoms with E-state index in [2.05, 4.69) is 67.7 Å². The lowest BCUT2D eigenvalue weighted by Crippen LogP contribution is -2.44. The summed E-state index contributed by atoms with van der Waals surface area (Å²) in [6.45, 7) is 11.6. The summed E-state index contributed by atoms with van der Waals surface area (Å²) in [7, 11) is 2.16. The summed E-state index contributed by atoms with van der Waals surface area (Å²) in [6, 6.07) is 6.25. The van der Waals surface area contributed by atoms with Crippen molar-refractivity contribution in [2.24, 2.45) is 0 Å². The first kappa shape index (κ1) is 24.3. The van der Waals surface area contributed by atoms with E-state index in [1.54, 1.807) is 6.20 Å². The van der Waals surface area contributed by atoms with Gasteiger partial charge in [-0.25, -0.2) is 9.97 Å². The van der Waals surface area contributed by atoms with Crippen molar-refractivity contribution in [2.45, 2.75) is 19.8 Å². The average molecular weight is 477 g/mol. The number of nitrogens with zero attached hydrogens (tertiary/aromatic N) is 6. The van der Waals surface area contributed by atoms with E-state index in [9.17, 15) is 9.59 Å². The van der Waals surface area contributed by atoms with Gasteiger partial charge in [0.25, 0.3) is 5.56 Å². The van der Waals surface area contributed by atoms with Crippen molar-refractivity contribution in [3.63, 3.8) is 0 Å². The van der Waals surface area contributed by atoms with Crippen LogP contribution in [0, 0.1) is 6.92 Å². The molecule has 2 fully saturated rings. The molecular weight excluding hydrogens is 444 g/mol. The third-order valence-corrected chi connectivity index (χ3v) is 6.22. The molecule has 0 radical (unpaired) electrons. The van der Waals surface area contributed by atoms with E-state index >= 15 is 0 Å². The topological polar surface area (TPSA) is 110 Å². The average Bonchev–Trinajstić information content (AvgIpc) is 3.40. The van der Waals surface area contributed by atoms with Crippen LogP contribution in [0.15, 0.2) is 48.0 Å². The lowest BCUT2D eigenvalue weighted by Gasteiger charge is -2.35. The van der Waals surface area contributed by atoms with E-state index < -0.39 is 0 Å². The normalized spacial score (nSPS) is 16.1. The first-order valence-electron chi connectivity index (χ1n) is 11.9. The van der Waals surface area contributed by atoms with Gasteiger partial charge < -0.3 is 25.0 Å². The molecule has 2 aliphatic heterocycles. The summed E-state index contributed by atoms with van der Waals surface area (Å²) in [5, 5.41) is 3.19. The van der Waals surface area contributed by atoms with Crippen LogP contribution >= 0.6 is 0 Å². The van der Waals surface area contributed by atoms with Crippen molar-refractivity contribution >= 4 is 34.4 Å². The van der Waals surface area contributed by atoms with Crippen molar-refractivity contribution in [3.8, 4) is 0 Å². The number of piperazine rings is 1. The van der Waals surface area contributed by atoms with Crippen molar-refractivity contribution in [1.82, 2.24) is 29.7 Å². The fourth-order valence-corrected chi connectivity index (χ4v) is 4.23. The third-order valence-electron chi connectivity index (χ3n) is 6.22. The lowest BCUT2D eigenvalue weighted by atomic mass is 10.1. The van der Waals surface area contributed by atoms with E-state index in [0.29, 0.717) is 17.1 Å². The number of aryl methyl sites for hydroxylation is 1. The summed E-state index contributed by atoms with van der Waals surface area (Å²) in [6.07, 6.45) is 6.50. The van der Waals surface area contributed by atoms with Gasteiger partial charge in [-0.3, -0.25) is 9.59 Å². The van der Waals surface area contributed by atoms with E-state index in [1.807, 2.05) is 11.0 Å². The Hall–Kier alpha value is -3.79. The zero-order chi connectivity index (χ0) is 24.8. The Kier molecular flexibility index (Phi) is 7.71. The highest BCUT2D eigenvalue weighted by atomic mass is 16.2. The Morgan fingerprint density at radius 2 is 1.83 bits per heavy atom. The fraction of sp³-hybridized carbons (Fsp3) is 0.400. The van der Waals surface area contributed by atoms with Gasteiger partial charge in [0, 0.05) is 50.6 Å². The second-order valence-electron chi connectivity index (χ2n) is 8.83. The Bertz CT molecular complexity index is 1240. The monoisotopic (exact) mass is 476 g/mol. The van der Waals surface area contributed by atoms with Crippen molar-refractivity contribution in [3.05, 3.63) is 59.2 Å². The number of fused-ring (bicyclic) bond motifs is 1. The standard InChI is InChI=1S/C18H21N7O.C7H11NO/c1-12-9-13(3-4-15(12)25-7-5-24(2)6-8-25)21-18-20-10-14-17(23-18)22-16(26)11-19-14;1-2-7(9)8-5-3-4-6-8/h3-4,9-11H,5-8H2,1-2H3,(H2,20,21,22,23,26);2H,1,3-6H2. The minimum atomic E-state index is -0.283. The number of rotatable bonds is 4. The minimum Gasteiger partial charge on any atom is -0.369 e. The molecule has 2 aromatic heterocycles. The van der Waals surface area contributed by atoms with Gasteiger partial charge >= 0.3 is 0 Å². The van der Waals surface area contributed by atoms with Crippen molar-refractivity contribution in [1.29, 1.82) is 0 Å². The zero-order valence-corrected chi connectivity index (χ0v) is 20.3. The number of benzene rings is 1. The molecule has 3 aromatic rings. The van der Waals surface area contributed by atoms with Gasteiger partial charge in [-0.15, -0.1) is 0 Å². The molecule has 5 rings (SSSR count). The number of likely N-dealkylation sites (tertiary alicyclic amines) is 1. The Morgan fingerprint density at radius 3 is 2.51 bits per heavy atom. The highest BCUT2D eigenvalue weighted by Crippen LogP contribution is 2.26. The molecule has 0 spiro atoms. The molecule has 0 bridgehead atoms. The van der Waals surface area contributed by atoms with Crippen LogP contribution < -0.4 is 15.8 Å². The van der Waals surface area contributed by atoms with Gasteiger partial charge in [-0.05, 0) is 56.7 Å². The fourth-order valence-electron chi connectivity index (χ4n) is 4.23. The summed E-state index contributed by atoms with van der Waals surface area (Å²) in [5.74, 6) is 0.500. The molecule has 2 saturated heterocycles. The first-order valence-corrected chi connectivity index (χ1v) is 11.9. The maximum Gasteiger partial charge on any atom is 0.268 e. The molecule has 0 unspecified atom stereocenters. The summed E-state index contributed by atoms with van der Waals surface area (Å²) in [4.78, 5) is 44.1. The van der Waals surface area contributed by atoms with Crippen molar-refractivity contribution < 1.29 is 4.79 Å². The van der Waals surface area contributed by atoms with Crippen LogP contribution in [-0.2, 0) is 4.79 Å². The largest absolute Gasteiger partial charge is 0.369 e. The summed E-state index contributed by atoms with van der Waals surface area (Å²) < 4.78 is 0. The number of anilines is 3. The molecule has 1 aromatic carbocycles. The van der Waals surface area contributed by atoms with Crippen LogP contribution in [0.1, 0.15) is 18.4 Å². The number of likely N-dealkylation sites (N-methyl/N-ethyl adjacent to an activating group) is 1. The zero-order valence-electron chi connectivity index (χ0n) is 20.3. The number of aromatic amines is 1. The molecule has 184 valence electrons.